The fourth-order valence-corrected chi connectivity index (χ4v) is 3.64. The second-order valence-electron chi connectivity index (χ2n) is 8.85. The highest BCUT2D eigenvalue weighted by atomic mass is 19.1. The van der Waals surface area contributed by atoms with Gasteiger partial charge in [0.2, 0.25) is 0 Å². The van der Waals surface area contributed by atoms with Crippen molar-refractivity contribution < 1.29 is 13.9 Å². The standard InChI is InChI=1S/C24H26FN3O2/c1-23(2,3)30-22(29)26-24(12-13-24)20-10-7-17(16-5-8-18(25)9-6-16)15-19(20)21-11-14-28(4)27-21/h5-11,14-15H,12-13H2,1-4H3,(H,26,29). The van der Waals surface area contributed by atoms with Gasteiger partial charge in [-0.15, -0.1) is 0 Å². The Kier molecular flexibility index (Phi) is 4.88. The summed E-state index contributed by atoms with van der Waals surface area (Å²) in [5, 5.41) is 7.66. The van der Waals surface area contributed by atoms with Crippen LogP contribution in [0.15, 0.2) is 54.7 Å². The molecule has 0 aliphatic heterocycles. The maximum atomic E-state index is 13.4. The summed E-state index contributed by atoms with van der Waals surface area (Å²) in [6.07, 6.45) is 3.14. The first-order valence-electron chi connectivity index (χ1n) is 10.1. The van der Waals surface area contributed by atoms with Crippen LogP contribution in [0.3, 0.4) is 0 Å². The van der Waals surface area contributed by atoms with Gasteiger partial charge in [0.05, 0.1) is 11.2 Å². The second kappa shape index (κ2) is 7.27. The predicted molar refractivity (Wildman–Crippen MR) is 114 cm³/mol. The van der Waals surface area contributed by atoms with Crippen molar-refractivity contribution in [1.82, 2.24) is 15.1 Å². The van der Waals surface area contributed by atoms with Crippen molar-refractivity contribution in [3.63, 3.8) is 0 Å². The Morgan fingerprint density at radius 1 is 1.10 bits per heavy atom. The molecule has 0 radical (unpaired) electrons. The summed E-state index contributed by atoms with van der Waals surface area (Å²) in [7, 11) is 1.87. The zero-order valence-electron chi connectivity index (χ0n) is 17.7. The molecule has 1 aliphatic carbocycles. The van der Waals surface area contributed by atoms with E-state index in [1.165, 1.54) is 12.1 Å². The summed E-state index contributed by atoms with van der Waals surface area (Å²) in [5.41, 5.74) is 3.66. The average Bonchev–Trinajstić information content (AvgIpc) is 3.30. The maximum Gasteiger partial charge on any atom is 0.408 e. The molecule has 1 aromatic heterocycles. The van der Waals surface area contributed by atoms with Gasteiger partial charge < -0.3 is 10.1 Å². The minimum Gasteiger partial charge on any atom is -0.444 e. The summed E-state index contributed by atoms with van der Waals surface area (Å²) >= 11 is 0. The highest BCUT2D eigenvalue weighted by molar-refractivity contribution is 5.77. The molecule has 3 aromatic rings. The average molecular weight is 407 g/mol. The van der Waals surface area contributed by atoms with E-state index in [4.69, 9.17) is 4.74 Å². The van der Waals surface area contributed by atoms with E-state index < -0.39 is 17.2 Å². The van der Waals surface area contributed by atoms with Gasteiger partial charge >= 0.3 is 6.09 Å². The number of aryl methyl sites for hydroxylation is 1. The van der Waals surface area contributed by atoms with E-state index in [1.54, 1.807) is 16.8 Å². The van der Waals surface area contributed by atoms with Gasteiger partial charge in [0, 0.05) is 18.8 Å². The van der Waals surface area contributed by atoms with Crippen molar-refractivity contribution in [3.8, 4) is 22.4 Å². The number of nitrogens with zero attached hydrogens (tertiary/aromatic N) is 2. The number of carbonyl (C=O) groups excluding carboxylic acids is 1. The van der Waals surface area contributed by atoms with Crippen LogP contribution >= 0.6 is 0 Å². The lowest BCUT2D eigenvalue weighted by atomic mass is 9.92. The number of halogens is 1. The number of hydrogen-bond donors (Lipinski definition) is 1. The molecule has 30 heavy (non-hydrogen) atoms. The molecule has 156 valence electrons. The van der Waals surface area contributed by atoms with Gasteiger partial charge in [-0.2, -0.15) is 5.10 Å². The normalized spacial score (nSPS) is 15.0. The summed E-state index contributed by atoms with van der Waals surface area (Å²) in [6, 6.07) is 14.5. The Morgan fingerprint density at radius 3 is 2.33 bits per heavy atom. The van der Waals surface area contributed by atoms with Crippen molar-refractivity contribution in [2.75, 3.05) is 0 Å². The Balaban J connectivity index is 1.74. The van der Waals surface area contributed by atoms with Crippen molar-refractivity contribution in [1.29, 1.82) is 0 Å². The van der Waals surface area contributed by atoms with Gasteiger partial charge in [0.1, 0.15) is 11.4 Å². The van der Waals surface area contributed by atoms with Crippen LogP contribution in [0.4, 0.5) is 9.18 Å². The fraction of sp³-hybridized carbons (Fsp3) is 0.333. The van der Waals surface area contributed by atoms with Crippen LogP contribution in [0.5, 0.6) is 0 Å². The van der Waals surface area contributed by atoms with E-state index in [0.29, 0.717) is 0 Å². The number of rotatable bonds is 4. The van der Waals surface area contributed by atoms with Crippen LogP contribution in [0.25, 0.3) is 22.4 Å². The van der Waals surface area contributed by atoms with Gasteiger partial charge in [-0.05, 0) is 74.6 Å². The highest BCUT2D eigenvalue weighted by Crippen LogP contribution is 2.49. The number of ether oxygens (including phenoxy) is 1. The van der Waals surface area contributed by atoms with E-state index >= 15 is 0 Å². The topological polar surface area (TPSA) is 56.2 Å². The van der Waals surface area contributed by atoms with Crippen LogP contribution in [-0.2, 0) is 17.3 Å². The first-order valence-corrected chi connectivity index (χ1v) is 10.1. The SMILES string of the molecule is Cn1ccc(-c2cc(-c3ccc(F)cc3)ccc2C2(NC(=O)OC(C)(C)C)CC2)n1. The number of hydrogen-bond acceptors (Lipinski definition) is 3. The van der Waals surface area contributed by atoms with Gasteiger partial charge in [-0.25, -0.2) is 9.18 Å². The van der Waals surface area contributed by atoms with Crippen molar-refractivity contribution in [2.45, 2.75) is 44.8 Å². The largest absolute Gasteiger partial charge is 0.444 e. The molecule has 0 saturated heterocycles. The lowest BCUT2D eigenvalue weighted by molar-refractivity contribution is 0.0495. The third-order valence-electron chi connectivity index (χ3n) is 5.19. The lowest BCUT2D eigenvalue weighted by Crippen LogP contribution is -2.39. The van der Waals surface area contributed by atoms with E-state index in [9.17, 15) is 9.18 Å². The molecular formula is C24H26FN3O2. The molecule has 0 atom stereocenters. The van der Waals surface area contributed by atoms with Crippen molar-refractivity contribution >= 4 is 6.09 Å². The summed E-state index contributed by atoms with van der Waals surface area (Å²) in [5.74, 6) is -0.265. The smallest absolute Gasteiger partial charge is 0.408 e. The van der Waals surface area contributed by atoms with E-state index in [-0.39, 0.29) is 5.82 Å². The minimum absolute atomic E-state index is 0.265. The third kappa shape index (κ3) is 4.22. The molecule has 1 amide bonds. The molecule has 2 aromatic carbocycles. The molecule has 6 heteroatoms. The number of aromatic nitrogens is 2. The molecule has 0 bridgehead atoms. The zero-order valence-corrected chi connectivity index (χ0v) is 17.7. The number of benzene rings is 2. The lowest BCUT2D eigenvalue weighted by Gasteiger charge is -2.25. The monoisotopic (exact) mass is 407 g/mol. The molecule has 5 nitrogen and oxygen atoms in total. The molecule has 1 fully saturated rings. The number of carbonyl (C=O) groups is 1. The first-order chi connectivity index (χ1) is 14.2. The fourth-order valence-electron chi connectivity index (χ4n) is 3.64. The summed E-state index contributed by atoms with van der Waals surface area (Å²) < 4.78 is 20.6. The molecule has 1 heterocycles. The molecule has 1 aliphatic rings. The van der Waals surface area contributed by atoms with Gasteiger partial charge in [0.15, 0.2) is 0 Å². The Hall–Kier alpha value is -3.15. The van der Waals surface area contributed by atoms with Crippen LogP contribution in [0.2, 0.25) is 0 Å². The maximum absolute atomic E-state index is 13.4. The molecule has 0 unspecified atom stereocenters. The second-order valence-corrected chi connectivity index (χ2v) is 8.85. The third-order valence-corrected chi connectivity index (χ3v) is 5.19. The van der Waals surface area contributed by atoms with Crippen molar-refractivity contribution in [2.24, 2.45) is 7.05 Å². The quantitative estimate of drug-likeness (QED) is 0.629. The number of alkyl carbamates (subject to hydrolysis) is 1. The minimum atomic E-state index is -0.559. The van der Waals surface area contributed by atoms with Crippen LogP contribution in [0, 0.1) is 5.82 Å². The summed E-state index contributed by atoms with van der Waals surface area (Å²) in [6.45, 7) is 5.55. The number of nitrogens with one attached hydrogen (secondary N) is 1. The van der Waals surface area contributed by atoms with Crippen LogP contribution in [-0.4, -0.2) is 21.5 Å². The molecule has 1 saturated carbocycles. The summed E-state index contributed by atoms with van der Waals surface area (Å²) in [4.78, 5) is 12.5. The molecule has 4 rings (SSSR count). The first kappa shape index (κ1) is 20.1. The van der Waals surface area contributed by atoms with E-state index in [2.05, 4.69) is 16.5 Å². The van der Waals surface area contributed by atoms with Gasteiger partial charge in [0.25, 0.3) is 0 Å². The molecule has 1 N–H and O–H groups in total. The van der Waals surface area contributed by atoms with Gasteiger partial charge in [-0.3, -0.25) is 4.68 Å². The van der Waals surface area contributed by atoms with Crippen molar-refractivity contribution in [3.05, 3.63) is 66.1 Å². The van der Waals surface area contributed by atoms with E-state index in [0.717, 1.165) is 40.8 Å². The highest BCUT2D eigenvalue weighted by Gasteiger charge is 2.48. The Bertz CT molecular complexity index is 1080. The van der Waals surface area contributed by atoms with Crippen LogP contribution < -0.4 is 5.32 Å². The zero-order chi connectivity index (χ0) is 21.5. The number of amides is 1. The Labute approximate surface area is 175 Å². The van der Waals surface area contributed by atoms with Crippen LogP contribution in [0.1, 0.15) is 39.2 Å². The molecule has 0 spiro atoms. The Morgan fingerprint density at radius 2 is 1.77 bits per heavy atom. The van der Waals surface area contributed by atoms with Gasteiger partial charge in [-0.1, -0.05) is 24.3 Å². The molecular weight excluding hydrogens is 381 g/mol. The predicted octanol–water partition coefficient (Wildman–Crippen LogP) is 5.41. The van der Waals surface area contributed by atoms with E-state index in [1.807, 2.05) is 52.2 Å².